The number of rotatable bonds is 2. The van der Waals surface area contributed by atoms with Crippen LogP contribution < -0.4 is 0 Å². The lowest BCUT2D eigenvalue weighted by atomic mass is 10.0. The van der Waals surface area contributed by atoms with Crippen LogP contribution in [0.15, 0.2) is 42.5 Å². The highest BCUT2D eigenvalue weighted by molar-refractivity contribution is 5.99. The van der Waals surface area contributed by atoms with Gasteiger partial charge in [0.1, 0.15) is 0 Å². The zero-order valence-electron chi connectivity index (χ0n) is 8.23. The third-order valence-electron chi connectivity index (χ3n) is 2.67. The molecule has 2 heteroatoms. The Morgan fingerprint density at radius 3 is 2.50 bits per heavy atom. The zero-order chi connectivity index (χ0) is 10.1. The molecule has 1 fully saturated rings. The molecule has 0 radical (unpaired) electrons. The van der Waals surface area contributed by atoms with E-state index in [1.807, 2.05) is 42.2 Å². The van der Waals surface area contributed by atoms with E-state index >= 15 is 0 Å². The van der Waals surface area contributed by atoms with Crippen LogP contribution in [0.2, 0.25) is 0 Å². The van der Waals surface area contributed by atoms with Crippen LogP contribution in [0.1, 0.15) is 18.5 Å². The van der Waals surface area contributed by atoms with Crippen LogP contribution in [0.3, 0.4) is 0 Å². The highest BCUT2D eigenvalue weighted by Gasteiger charge is 2.32. The van der Waals surface area contributed by atoms with Crippen LogP contribution in [0.25, 0.3) is 0 Å². The molecule has 0 saturated carbocycles. The average Bonchev–Trinajstić information content (AvgIpc) is 2.25. The Bertz CT molecular complexity index is 369. The number of hydrogen-bond acceptors (Lipinski definition) is 1. The van der Waals surface area contributed by atoms with Crippen molar-refractivity contribution in [2.45, 2.75) is 13.0 Å². The predicted octanol–water partition coefficient (Wildman–Crippen LogP) is 2.15. The Hall–Kier alpha value is -1.57. The Morgan fingerprint density at radius 2 is 2.00 bits per heavy atom. The highest BCUT2D eigenvalue weighted by Crippen LogP contribution is 2.27. The molecule has 0 aliphatic carbocycles. The molecule has 1 atom stereocenters. The van der Waals surface area contributed by atoms with E-state index in [-0.39, 0.29) is 11.9 Å². The van der Waals surface area contributed by atoms with Gasteiger partial charge in [-0.3, -0.25) is 4.79 Å². The number of carbonyl (C=O) groups excluding carboxylic acids is 1. The Kier molecular flexibility index (Phi) is 2.12. The number of hydrogen-bond donors (Lipinski definition) is 0. The number of likely N-dealkylation sites (tertiary alicyclic amines) is 1. The molecule has 72 valence electrons. The van der Waals surface area contributed by atoms with Gasteiger partial charge < -0.3 is 4.90 Å². The molecule has 1 aliphatic heterocycles. The van der Waals surface area contributed by atoms with Crippen molar-refractivity contribution in [3.63, 3.8) is 0 Å². The molecule has 1 saturated heterocycles. The van der Waals surface area contributed by atoms with Gasteiger partial charge in [-0.25, -0.2) is 0 Å². The fourth-order valence-corrected chi connectivity index (χ4v) is 1.68. The van der Waals surface area contributed by atoms with Crippen molar-refractivity contribution in [3.05, 3.63) is 48.0 Å². The second-order valence-corrected chi connectivity index (χ2v) is 3.62. The lowest BCUT2D eigenvalue weighted by Crippen LogP contribution is -2.46. The molecule has 2 nitrogen and oxygen atoms in total. The molecule has 1 aromatic rings. The normalized spacial score (nSPS) is 17.9. The molecule has 0 N–H and O–H groups in total. The summed E-state index contributed by atoms with van der Waals surface area (Å²) in [5.74, 6) is 0.0846. The standard InChI is InChI=1S/C12H13NO/c1-9-8-13(12(9)14)10(2)11-6-4-3-5-7-11/h3-7,10H,1,8H2,2H3/t10-/m1/s1. The third kappa shape index (κ3) is 1.33. The SMILES string of the molecule is C=C1CN([C@H](C)c2ccccc2)C1=O. The first-order valence-electron chi connectivity index (χ1n) is 4.74. The summed E-state index contributed by atoms with van der Waals surface area (Å²) in [4.78, 5) is 13.2. The van der Waals surface area contributed by atoms with Crippen molar-refractivity contribution in [1.29, 1.82) is 0 Å². The molecular formula is C12H13NO. The van der Waals surface area contributed by atoms with E-state index in [0.717, 1.165) is 0 Å². The van der Waals surface area contributed by atoms with Gasteiger partial charge in [-0.2, -0.15) is 0 Å². The maximum atomic E-state index is 11.4. The van der Waals surface area contributed by atoms with Crippen molar-refractivity contribution in [2.24, 2.45) is 0 Å². The molecule has 0 aromatic heterocycles. The summed E-state index contributed by atoms with van der Waals surface area (Å²) >= 11 is 0. The van der Waals surface area contributed by atoms with E-state index in [2.05, 4.69) is 6.58 Å². The van der Waals surface area contributed by atoms with Crippen molar-refractivity contribution < 1.29 is 4.79 Å². The quantitative estimate of drug-likeness (QED) is 0.513. The largest absolute Gasteiger partial charge is 0.328 e. The average molecular weight is 187 g/mol. The molecule has 2 rings (SSSR count). The fourth-order valence-electron chi connectivity index (χ4n) is 1.68. The zero-order valence-corrected chi connectivity index (χ0v) is 8.23. The number of benzene rings is 1. The summed E-state index contributed by atoms with van der Waals surface area (Å²) in [6, 6.07) is 10.2. The van der Waals surface area contributed by atoms with Crippen LogP contribution in [-0.2, 0) is 4.79 Å². The molecule has 0 unspecified atom stereocenters. The van der Waals surface area contributed by atoms with Gasteiger partial charge in [-0.1, -0.05) is 36.9 Å². The van der Waals surface area contributed by atoms with Crippen LogP contribution in [0.4, 0.5) is 0 Å². The topological polar surface area (TPSA) is 20.3 Å². The van der Waals surface area contributed by atoms with Gasteiger partial charge in [-0.05, 0) is 12.5 Å². The lowest BCUT2D eigenvalue weighted by molar-refractivity contribution is -0.135. The molecule has 0 bridgehead atoms. The molecular weight excluding hydrogens is 174 g/mol. The Balaban J connectivity index is 2.14. The van der Waals surface area contributed by atoms with Crippen molar-refractivity contribution in [1.82, 2.24) is 4.90 Å². The van der Waals surface area contributed by atoms with E-state index in [9.17, 15) is 4.79 Å². The summed E-state index contributed by atoms with van der Waals surface area (Å²) in [7, 11) is 0. The van der Waals surface area contributed by atoms with Gasteiger partial charge in [-0.15, -0.1) is 0 Å². The first-order chi connectivity index (χ1) is 6.70. The van der Waals surface area contributed by atoms with Gasteiger partial charge in [0.25, 0.3) is 5.91 Å². The maximum Gasteiger partial charge on any atom is 0.251 e. The molecule has 1 aromatic carbocycles. The fraction of sp³-hybridized carbons (Fsp3) is 0.250. The lowest BCUT2D eigenvalue weighted by Gasteiger charge is -2.38. The van der Waals surface area contributed by atoms with E-state index in [4.69, 9.17) is 0 Å². The van der Waals surface area contributed by atoms with Crippen LogP contribution >= 0.6 is 0 Å². The summed E-state index contributed by atoms with van der Waals surface area (Å²) in [6.45, 7) is 6.42. The molecule has 14 heavy (non-hydrogen) atoms. The minimum absolute atomic E-state index is 0.0846. The van der Waals surface area contributed by atoms with Gasteiger partial charge in [0, 0.05) is 5.57 Å². The minimum atomic E-state index is 0.0846. The first kappa shape index (κ1) is 9.00. The number of carbonyl (C=O) groups is 1. The molecule has 1 amide bonds. The van der Waals surface area contributed by atoms with Crippen molar-refractivity contribution in [3.8, 4) is 0 Å². The second kappa shape index (κ2) is 3.29. The van der Waals surface area contributed by atoms with Gasteiger partial charge in [0.05, 0.1) is 12.6 Å². The number of β-lactam (4-membered cyclic amide) rings is 1. The molecule has 0 spiro atoms. The maximum absolute atomic E-state index is 11.4. The highest BCUT2D eigenvalue weighted by atomic mass is 16.2. The molecule has 1 heterocycles. The smallest absolute Gasteiger partial charge is 0.251 e. The van der Waals surface area contributed by atoms with E-state index in [0.29, 0.717) is 12.1 Å². The predicted molar refractivity (Wildman–Crippen MR) is 55.7 cm³/mol. The van der Waals surface area contributed by atoms with Crippen LogP contribution in [0.5, 0.6) is 0 Å². The van der Waals surface area contributed by atoms with E-state index < -0.39 is 0 Å². The minimum Gasteiger partial charge on any atom is -0.328 e. The summed E-state index contributed by atoms with van der Waals surface area (Å²) in [6.07, 6.45) is 0. The summed E-state index contributed by atoms with van der Waals surface area (Å²) in [5, 5.41) is 0. The Labute approximate surface area is 83.8 Å². The van der Waals surface area contributed by atoms with E-state index in [1.54, 1.807) is 0 Å². The summed E-state index contributed by atoms with van der Waals surface area (Å²) < 4.78 is 0. The van der Waals surface area contributed by atoms with Crippen LogP contribution in [0, 0.1) is 0 Å². The second-order valence-electron chi connectivity index (χ2n) is 3.62. The Morgan fingerprint density at radius 1 is 1.36 bits per heavy atom. The number of nitrogens with zero attached hydrogens (tertiary/aromatic N) is 1. The third-order valence-corrected chi connectivity index (χ3v) is 2.67. The van der Waals surface area contributed by atoms with Crippen molar-refractivity contribution >= 4 is 5.91 Å². The summed E-state index contributed by atoms with van der Waals surface area (Å²) in [5.41, 5.74) is 1.89. The molecule has 1 aliphatic rings. The van der Waals surface area contributed by atoms with Crippen LogP contribution in [-0.4, -0.2) is 17.4 Å². The monoisotopic (exact) mass is 187 g/mol. The first-order valence-corrected chi connectivity index (χ1v) is 4.74. The van der Waals surface area contributed by atoms with E-state index in [1.165, 1.54) is 5.56 Å². The van der Waals surface area contributed by atoms with Gasteiger partial charge in [0.2, 0.25) is 0 Å². The number of amides is 1. The van der Waals surface area contributed by atoms with Crippen molar-refractivity contribution in [2.75, 3.05) is 6.54 Å². The van der Waals surface area contributed by atoms with Gasteiger partial charge >= 0.3 is 0 Å². The van der Waals surface area contributed by atoms with Gasteiger partial charge in [0.15, 0.2) is 0 Å².